The number of rotatable bonds is 3. The maximum atomic E-state index is 6.02. The molecule has 4 heteroatoms. The Bertz CT molecular complexity index is 455. The number of anilines is 1. The van der Waals surface area contributed by atoms with Gasteiger partial charge < -0.3 is 19.9 Å². The molecule has 104 valence electrons. The first-order chi connectivity index (χ1) is 9.17. The van der Waals surface area contributed by atoms with Gasteiger partial charge in [-0.25, -0.2) is 0 Å². The van der Waals surface area contributed by atoms with Crippen LogP contribution in [-0.2, 0) is 9.47 Å². The first-order valence-corrected chi connectivity index (χ1v) is 6.98. The molecule has 1 spiro atoms. The van der Waals surface area contributed by atoms with Crippen LogP contribution in [0.15, 0.2) is 18.2 Å². The third-order valence-electron chi connectivity index (χ3n) is 3.90. The lowest BCUT2D eigenvalue weighted by atomic mass is 10.2. The second kappa shape index (κ2) is 5.02. The summed E-state index contributed by atoms with van der Waals surface area (Å²) in [5.41, 5.74) is 7.53. The molecule has 2 aliphatic rings. The molecular weight excluding hydrogens is 242 g/mol. The summed E-state index contributed by atoms with van der Waals surface area (Å²) in [5, 5.41) is 0. The van der Waals surface area contributed by atoms with E-state index < -0.39 is 0 Å². The average molecular weight is 263 g/mol. The van der Waals surface area contributed by atoms with Crippen LogP contribution in [0.25, 0.3) is 0 Å². The van der Waals surface area contributed by atoms with Gasteiger partial charge in [0, 0.05) is 18.5 Å². The number of ether oxygens (including phenoxy) is 3. The molecule has 2 N–H and O–H groups in total. The summed E-state index contributed by atoms with van der Waals surface area (Å²) in [7, 11) is 0. The molecular formula is C15H21NO3. The highest BCUT2D eigenvalue weighted by Gasteiger charge is 2.43. The monoisotopic (exact) mass is 263 g/mol. The molecule has 1 aromatic rings. The number of hydrogen-bond donors (Lipinski definition) is 1. The summed E-state index contributed by atoms with van der Waals surface area (Å²) >= 11 is 0. The van der Waals surface area contributed by atoms with Gasteiger partial charge in [0.1, 0.15) is 18.5 Å². The summed E-state index contributed by atoms with van der Waals surface area (Å²) in [4.78, 5) is 0. The van der Waals surface area contributed by atoms with Crippen LogP contribution >= 0.6 is 0 Å². The molecule has 1 aliphatic carbocycles. The molecule has 0 bridgehead atoms. The Hall–Kier alpha value is -1.26. The van der Waals surface area contributed by atoms with E-state index in [1.165, 1.54) is 12.8 Å². The fraction of sp³-hybridized carbons (Fsp3) is 0.600. The van der Waals surface area contributed by atoms with E-state index in [1.807, 2.05) is 25.1 Å². The Morgan fingerprint density at radius 3 is 2.89 bits per heavy atom. The Labute approximate surface area is 113 Å². The van der Waals surface area contributed by atoms with E-state index in [9.17, 15) is 0 Å². The second-order valence-corrected chi connectivity index (χ2v) is 5.50. The molecule has 19 heavy (non-hydrogen) atoms. The fourth-order valence-corrected chi connectivity index (χ4v) is 2.89. The largest absolute Gasteiger partial charge is 0.491 e. The SMILES string of the molecule is Cc1cc(N)ccc1OCC1COC2(CCCC2)O1. The van der Waals surface area contributed by atoms with Gasteiger partial charge >= 0.3 is 0 Å². The van der Waals surface area contributed by atoms with Gasteiger partial charge in [-0.2, -0.15) is 0 Å². The van der Waals surface area contributed by atoms with Crippen LogP contribution in [-0.4, -0.2) is 25.1 Å². The summed E-state index contributed by atoms with van der Waals surface area (Å²) in [6.45, 7) is 3.16. The van der Waals surface area contributed by atoms with E-state index in [0.29, 0.717) is 13.2 Å². The Morgan fingerprint density at radius 1 is 1.37 bits per heavy atom. The van der Waals surface area contributed by atoms with Crippen LogP contribution in [0.5, 0.6) is 5.75 Å². The minimum atomic E-state index is -0.301. The standard InChI is InChI=1S/C15H21NO3/c1-11-8-12(16)4-5-14(11)17-9-13-10-18-15(19-13)6-2-3-7-15/h4-5,8,13H,2-3,6-7,9-10,16H2,1H3. The summed E-state index contributed by atoms with van der Waals surface area (Å²) < 4.78 is 17.7. The lowest BCUT2D eigenvalue weighted by Crippen LogP contribution is -2.28. The lowest BCUT2D eigenvalue weighted by molar-refractivity contribution is -0.164. The van der Waals surface area contributed by atoms with Gasteiger partial charge in [0.2, 0.25) is 0 Å². The molecule has 1 aliphatic heterocycles. The maximum Gasteiger partial charge on any atom is 0.169 e. The number of aryl methyl sites for hydroxylation is 1. The van der Waals surface area contributed by atoms with Crippen molar-refractivity contribution in [1.29, 1.82) is 0 Å². The predicted molar refractivity (Wildman–Crippen MR) is 73.1 cm³/mol. The van der Waals surface area contributed by atoms with Crippen molar-refractivity contribution in [3.05, 3.63) is 23.8 Å². The van der Waals surface area contributed by atoms with Crippen molar-refractivity contribution in [3.8, 4) is 5.75 Å². The van der Waals surface area contributed by atoms with Crippen LogP contribution in [0.4, 0.5) is 5.69 Å². The third kappa shape index (κ3) is 2.69. The Balaban J connectivity index is 1.55. The molecule has 1 saturated heterocycles. The number of hydrogen-bond acceptors (Lipinski definition) is 4. The van der Waals surface area contributed by atoms with E-state index in [-0.39, 0.29) is 11.9 Å². The summed E-state index contributed by atoms with van der Waals surface area (Å²) in [6, 6.07) is 5.68. The first kappa shape index (κ1) is 12.8. The van der Waals surface area contributed by atoms with Gasteiger partial charge in [0.15, 0.2) is 5.79 Å². The lowest BCUT2D eigenvalue weighted by Gasteiger charge is -2.22. The Kier molecular flexibility index (Phi) is 3.37. The van der Waals surface area contributed by atoms with Gasteiger partial charge in [-0.3, -0.25) is 0 Å². The van der Waals surface area contributed by atoms with E-state index in [1.54, 1.807) is 0 Å². The molecule has 0 radical (unpaired) electrons. The van der Waals surface area contributed by atoms with Gasteiger partial charge in [-0.05, 0) is 43.5 Å². The zero-order valence-corrected chi connectivity index (χ0v) is 11.4. The van der Waals surface area contributed by atoms with Crippen molar-refractivity contribution >= 4 is 5.69 Å². The van der Waals surface area contributed by atoms with Crippen molar-refractivity contribution < 1.29 is 14.2 Å². The molecule has 1 heterocycles. The predicted octanol–water partition coefficient (Wildman–Crippen LogP) is 2.64. The van der Waals surface area contributed by atoms with Gasteiger partial charge in [0.05, 0.1) is 6.61 Å². The van der Waals surface area contributed by atoms with Crippen LogP contribution in [0.3, 0.4) is 0 Å². The zero-order chi connectivity index (χ0) is 13.3. The number of benzene rings is 1. The molecule has 0 aromatic heterocycles. The van der Waals surface area contributed by atoms with Gasteiger partial charge in [-0.1, -0.05) is 0 Å². The smallest absolute Gasteiger partial charge is 0.169 e. The van der Waals surface area contributed by atoms with Crippen LogP contribution in [0.2, 0.25) is 0 Å². The zero-order valence-electron chi connectivity index (χ0n) is 11.4. The summed E-state index contributed by atoms with van der Waals surface area (Å²) in [5.74, 6) is 0.564. The van der Waals surface area contributed by atoms with Crippen molar-refractivity contribution in [3.63, 3.8) is 0 Å². The van der Waals surface area contributed by atoms with E-state index in [4.69, 9.17) is 19.9 Å². The molecule has 2 fully saturated rings. The summed E-state index contributed by atoms with van der Waals surface area (Å²) in [6.07, 6.45) is 4.47. The van der Waals surface area contributed by atoms with Crippen molar-refractivity contribution in [2.45, 2.75) is 44.5 Å². The highest BCUT2D eigenvalue weighted by molar-refractivity contribution is 5.47. The molecule has 3 rings (SSSR count). The quantitative estimate of drug-likeness (QED) is 0.852. The normalized spacial score (nSPS) is 25.0. The maximum absolute atomic E-state index is 6.02. The van der Waals surface area contributed by atoms with E-state index in [2.05, 4.69) is 0 Å². The minimum Gasteiger partial charge on any atom is -0.491 e. The second-order valence-electron chi connectivity index (χ2n) is 5.50. The Morgan fingerprint density at radius 2 is 2.16 bits per heavy atom. The van der Waals surface area contributed by atoms with Gasteiger partial charge in [-0.15, -0.1) is 0 Å². The number of nitrogens with two attached hydrogens (primary N) is 1. The highest BCUT2D eigenvalue weighted by atomic mass is 16.8. The fourth-order valence-electron chi connectivity index (χ4n) is 2.89. The van der Waals surface area contributed by atoms with Crippen molar-refractivity contribution in [2.24, 2.45) is 0 Å². The van der Waals surface area contributed by atoms with E-state index in [0.717, 1.165) is 29.8 Å². The topological polar surface area (TPSA) is 53.7 Å². The first-order valence-electron chi connectivity index (χ1n) is 6.98. The average Bonchev–Trinajstić information content (AvgIpc) is 2.99. The van der Waals surface area contributed by atoms with Crippen molar-refractivity contribution in [1.82, 2.24) is 0 Å². The van der Waals surface area contributed by atoms with Gasteiger partial charge in [0.25, 0.3) is 0 Å². The third-order valence-corrected chi connectivity index (χ3v) is 3.90. The van der Waals surface area contributed by atoms with E-state index >= 15 is 0 Å². The minimum absolute atomic E-state index is 0.0371. The van der Waals surface area contributed by atoms with Crippen LogP contribution in [0.1, 0.15) is 31.2 Å². The molecule has 4 nitrogen and oxygen atoms in total. The highest BCUT2D eigenvalue weighted by Crippen LogP contribution is 2.39. The molecule has 1 unspecified atom stereocenters. The molecule has 1 saturated carbocycles. The number of nitrogen functional groups attached to an aromatic ring is 1. The molecule has 1 atom stereocenters. The van der Waals surface area contributed by atoms with Crippen LogP contribution in [0, 0.1) is 6.92 Å². The molecule has 1 aromatic carbocycles. The van der Waals surface area contributed by atoms with Crippen molar-refractivity contribution in [2.75, 3.05) is 18.9 Å². The molecule has 0 amide bonds. The van der Waals surface area contributed by atoms with Crippen LogP contribution < -0.4 is 10.5 Å².